The number of fused-ring (bicyclic) bond motifs is 2. The number of hydrogen-bond donors (Lipinski definition) is 1. The number of pyridine rings is 1. The number of nitrogens with zero attached hydrogens (tertiary/aromatic N) is 1. The molecule has 2 unspecified atom stereocenters. The normalized spacial score (nSPS) is 28.7. The van der Waals surface area contributed by atoms with Crippen LogP contribution in [0.2, 0.25) is 5.15 Å². The van der Waals surface area contributed by atoms with Gasteiger partial charge in [0, 0.05) is 12.2 Å². The van der Waals surface area contributed by atoms with Crippen LogP contribution >= 0.6 is 11.6 Å². The van der Waals surface area contributed by atoms with Crippen molar-refractivity contribution in [2.24, 2.45) is 5.92 Å². The number of hydrogen-bond acceptors (Lipinski definition) is 2. The topological polar surface area (TPSA) is 24.9 Å². The Hall–Kier alpha value is -0.860. The largest absolute Gasteiger partial charge is 0.310 e. The first-order chi connectivity index (χ1) is 7.81. The maximum atomic E-state index is 5.80. The first-order valence-electron chi connectivity index (χ1n) is 5.87. The smallest absolute Gasteiger partial charge is 0.129 e. The molecule has 3 rings (SSSR count). The molecule has 3 heteroatoms. The minimum atomic E-state index is 0.568. The Morgan fingerprint density at radius 1 is 1.38 bits per heavy atom. The van der Waals surface area contributed by atoms with Crippen LogP contribution in [-0.4, -0.2) is 17.6 Å². The summed E-state index contributed by atoms with van der Waals surface area (Å²) in [6.45, 7) is 1.16. The van der Waals surface area contributed by atoms with Gasteiger partial charge in [0.05, 0.1) is 0 Å². The molecule has 0 amide bonds. The van der Waals surface area contributed by atoms with E-state index in [9.17, 15) is 0 Å². The Kier molecular flexibility index (Phi) is 2.70. The van der Waals surface area contributed by atoms with E-state index in [0.29, 0.717) is 11.2 Å². The van der Waals surface area contributed by atoms with Crippen molar-refractivity contribution >= 4 is 17.2 Å². The molecule has 2 nitrogen and oxygen atoms in total. The summed E-state index contributed by atoms with van der Waals surface area (Å²) >= 11 is 5.80. The second-order valence-corrected chi connectivity index (χ2v) is 5.10. The fraction of sp³-hybridized carbons (Fsp3) is 0.462. The monoisotopic (exact) mass is 234 g/mol. The lowest BCUT2D eigenvalue weighted by atomic mass is 9.79. The average Bonchev–Trinajstić information content (AvgIpc) is 2.29. The van der Waals surface area contributed by atoms with E-state index in [-0.39, 0.29) is 0 Å². The highest BCUT2D eigenvalue weighted by Gasteiger charge is 2.26. The summed E-state index contributed by atoms with van der Waals surface area (Å²) in [5, 5.41) is 4.11. The summed E-state index contributed by atoms with van der Waals surface area (Å²) < 4.78 is 0. The summed E-state index contributed by atoms with van der Waals surface area (Å²) in [7, 11) is 0. The fourth-order valence-electron chi connectivity index (χ4n) is 2.75. The van der Waals surface area contributed by atoms with Gasteiger partial charge in [-0.2, -0.15) is 0 Å². The third kappa shape index (κ3) is 2.00. The zero-order valence-corrected chi connectivity index (χ0v) is 9.87. The van der Waals surface area contributed by atoms with E-state index in [1.165, 1.54) is 30.4 Å². The molecule has 2 bridgehead atoms. The second kappa shape index (κ2) is 4.19. The molecule has 2 aliphatic rings. The van der Waals surface area contributed by atoms with Crippen LogP contribution in [0, 0.1) is 5.92 Å². The van der Waals surface area contributed by atoms with E-state index in [4.69, 9.17) is 11.6 Å². The highest BCUT2D eigenvalue weighted by Crippen LogP contribution is 2.34. The van der Waals surface area contributed by atoms with Gasteiger partial charge >= 0.3 is 0 Å². The van der Waals surface area contributed by atoms with Crippen LogP contribution in [0.3, 0.4) is 0 Å². The quantitative estimate of drug-likeness (QED) is 0.756. The summed E-state index contributed by atoms with van der Waals surface area (Å²) in [4.78, 5) is 4.15. The van der Waals surface area contributed by atoms with Crippen LogP contribution < -0.4 is 5.32 Å². The van der Waals surface area contributed by atoms with Gasteiger partial charge < -0.3 is 5.32 Å². The van der Waals surface area contributed by atoms with Gasteiger partial charge in [0.1, 0.15) is 5.15 Å². The third-order valence-corrected chi connectivity index (χ3v) is 3.78. The van der Waals surface area contributed by atoms with Gasteiger partial charge in [-0.1, -0.05) is 23.7 Å². The maximum Gasteiger partial charge on any atom is 0.129 e. The predicted octanol–water partition coefficient (Wildman–Crippen LogP) is 2.89. The molecule has 1 aliphatic carbocycles. The Labute approximate surface area is 101 Å². The van der Waals surface area contributed by atoms with Crippen LogP contribution in [-0.2, 0) is 0 Å². The molecule has 0 saturated carbocycles. The van der Waals surface area contributed by atoms with Crippen LogP contribution in [0.15, 0.2) is 24.4 Å². The molecule has 0 radical (unpaired) electrons. The van der Waals surface area contributed by atoms with Crippen molar-refractivity contribution in [1.82, 2.24) is 10.3 Å². The van der Waals surface area contributed by atoms with Crippen LogP contribution in [0.5, 0.6) is 0 Å². The minimum absolute atomic E-state index is 0.568. The molecule has 2 heterocycles. The van der Waals surface area contributed by atoms with Gasteiger partial charge in [0.2, 0.25) is 0 Å². The fourth-order valence-corrected chi connectivity index (χ4v) is 2.86. The molecule has 1 aromatic rings. The third-order valence-electron chi connectivity index (χ3n) is 3.56. The van der Waals surface area contributed by atoms with Crippen LogP contribution in [0.4, 0.5) is 0 Å². The second-order valence-electron chi connectivity index (χ2n) is 4.72. The molecular weight excluding hydrogens is 220 g/mol. The standard InChI is InChI=1S/C13H15ClN2/c14-13-2-1-10(8-16-13)11-5-9-3-4-15-12(6-9)7-11/h1-2,7-9,12,15H,3-6H2. The van der Waals surface area contributed by atoms with Crippen molar-refractivity contribution in [3.8, 4) is 0 Å². The van der Waals surface area contributed by atoms with Crippen LogP contribution in [0.25, 0.3) is 5.57 Å². The van der Waals surface area contributed by atoms with Crippen molar-refractivity contribution < 1.29 is 0 Å². The lowest BCUT2D eigenvalue weighted by molar-refractivity contribution is 0.327. The van der Waals surface area contributed by atoms with Gasteiger partial charge in [-0.05, 0) is 48.9 Å². The average molecular weight is 235 g/mol. The van der Waals surface area contributed by atoms with E-state index >= 15 is 0 Å². The molecule has 1 N–H and O–H groups in total. The van der Waals surface area contributed by atoms with Crippen LogP contribution in [0.1, 0.15) is 24.8 Å². The zero-order chi connectivity index (χ0) is 11.0. The van der Waals surface area contributed by atoms with Gasteiger partial charge in [0.15, 0.2) is 0 Å². The number of rotatable bonds is 1. The Morgan fingerprint density at radius 2 is 2.31 bits per heavy atom. The molecule has 2 atom stereocenters. The van der Waals surface area contributed by atoms with Crippen molar-refractivity contribution in [2.75, 3.05) is 6.54 Å². The highest BCUT2D eigenvalue weighted by molar-refractivity contribution is 6.29. The lowest BCUT2D eigenvalue weighted by Gasteiger charge is -2.34. The SMILES string of the molecule is Clc1ccc(C2=CC3CC(CCN3)C2)cn1. The number of nitrogens with one attached hydrogen (secondary N) is 1. The van der Waals surface area contributed by atoms with Crippen molar-refractivity contribution in [2.45, 2.75) is 25.3 Å². The number of aromatic nitrogens is 1. The van der Waals surface area contributed by atoms with Gasteiger partial charge in [-0.3, -0.25) is 0 Å². The molecular formula is C13H15ClN2. The van der Waals surface area contributed by atoms with Crippen molar-refractivity contribution in [1.29, 1.82) is 0 Å². The Morgan fingerprint density at radius 3 is 3.06 bits per heavy atom. The van der Waals surface area contributed by atoms with Crippen molar-refractivity contribution in [3.05, 3.63) is 35.1 Å². The highest BCUT2D eigenvalue weighted by atomic mass is 35.5. The van der Waals surface area contributed by atoms with E-state index in [1.807, 2.05) is 12.3 Å². The zero-order valence-electron chi connectivity index (χ0n) is 9.12. The molecule has 0 spiro atoms. The number of halogens is 1. The predicted molar refractivity (Wildman–Crippen MR) is 66.4 cm³/mol. The van der Waals surface area contributed by atoms with Gasteiger partial charge in [0.25, 0.3) is 0 Å². The number of piperidine rings is 1. The summed E-state index contributed by atoms with van der Waals surface area (Å²) in [6.07, 6.45) is 8.04. The maximum absolute atomic E-state index is 5.80. The molecule has 1 saturated heterocycles. The Bertz CT molecular complexity index is 410. The first kappa shape index (κ1) is 10.3. The first-order valence-corrected chi connectivity index (χ1v) is 6.25. The summed E-state index contributed by atoms with van der Waals surface area (Å²) in [5.74, 6) is 0.849. The van der Waals surface area contributed by atoms with Gasteiger partial charge in [-0.15, -0.1) is 0 Å². The molecule has 84 valence electrons. The molecule has 1 aliphatic heterocycles. The molecule has 1 aromatic heterocycles. The van der Waals surface area contributed by atoms with E-state index in [2.05, 4.69) is 22.4 Å². The summed E-state index contributed by atoms with van der Waals surface area (Å²) in [5.41, 5.74) is 2.65. The summed E-state index contributed by atoms with van der Waals surface area (Å²) in [6, 6.07) is 4.51. The molecule has 0 aromatic carbocycles. The van der Waals surface area contributed by atoms with E-state index in [0.717, 1.165) is 12.5 Å². The molecule has 16 heavy (non-hydrogen) atoms. The lowest BCUT2D eigenvalue weighted by Crippen LogP contribution is -2.39. The van der Waals surface area contributed by atoms with E-state index in [1.54, 1.807) is 0 Å². The van der Waals surface area contributed by atoms with Gasteiger partial charge in [-0.25, -0.2) is 4.98 Å². The Balaban J connectivity index is 1.89. The number of allylic oxidation sites excluding steroid dienone is 1. The van der Waals surface area contributed by atoms with E-state index < -0.39 is 0 Å². The molecule has 1 fully saturated rings. The van der Waals surface area contributed by atoms with Crippen molar-refractivity contribution in [3.63, 3.8) is 0 Å². The minimum Gasteiger partial charge on any atom is -0.310 e.